The average Bonchev–Trinajstić information content (AvgIpc) is 2.47. The van der Waals surface area contributed by atoms with Gasteiger partial charge in [-0.25, -0.2) is 4.98 Å². The summed E-state index contributed by atoms with van der Waals surface area (Å²) in [5.41, 5.74) is 1.15. The van der Waals surface area contributed by atoms with Crippen LogP contribution >= 0.6 is 43.2 Å². The second-order valence-corrected chi connectivity index (χ2v) is 5.75. The van der Waals surface area contributed by atoms with Crippen LogP contribution in [0.2, 0.25) is 0 Å². The van der Waals surface area contributed by atoms with E-state index in [1.807, 2.05) is 12.1 Å². The minimum Gasteiger partial charge on any atom is -0.229 e. The molecule has 0 N–H and O–H groups in total. The lowest BCUT2D eigenvalue weighted by Gasteiger charge is -1.95. The number of hydrogen-bond donors (Lipinski definition) is 0. The van der Waals surface area contributed by atoms with Crippen molar-refractivity contribution in [1.29, 1.82) is 0 Å². The van der Waals surface area contributed by atoms with Gasteiger partial charge in [-0.3, -0.25) is 0 Å². The summed E-state index contributed by atoms with van der Waals surface area (Å²) in [5.74, 6) is 0. The first kappa shape index (κ1) is 10.3. The molecule has 0 saturated carbocycles. The van der Waals surface area contributed by atoms with E-state index in [2.05, 4.69) is 55.9 Å². The largest absolute Gasteiger partial charge is 0.229 e. The minimum absolute atomic E-state index is 0.942. The molecule has 0 atom stereocenters. The third-order valence-electron chi connectivity index (χ3n) is 1.81. The summed E-state index contributed by atoms with van der Waals surface area (Å²) in [5, 5.41) is 1.05. The zero-order valence-electron chi connectivity index (χ0n) is 7.42. The van der Waals surface area contributed by atoms with Crippen molar-refractivity contribution in [3.63, 3.8) is 0 Å². The molecule has 2 rings (SSSR count). The number of benzene rings is 1. The summed E-state index contributed by atoms with van der Waals surface area (Å²) in [6.45, 7) is 2.06. The van der Waals surface area contributed by atoms with Gasteiger partial charge < -0.3 is 0 Å². The van der Waals surface area contributed by atoms with Gasteiger partial charge in [0, 0.05) is 14.9 Å². The maximum atomic E-state index is 4.44. The molecule has 0 amide bonds. The van der Waals surface area contributed by atoms with E-state index in [1.54, 1.807) is 11.3 Å². The zero-order valence-corrected chi connectivity index (χ0v) is 11.4. The monoisotopic (exact) mass is 331 g/mol. The number of nitrogens with zero attached hydrogens (tertiary/aromatic N) is 1. The topological polar surface area (TPSA) is 12.9 Å². The zero-order chi connectivity index (χ0) is 10.1. The molecule has 0 fully saturated rings. The van der Waals surface area contributed by atoms with E-state index in [0.29, 0.717) is 0 Å². The number of aromatic nitrogens is 1. The molecule has 0 unspecified atom stereocenters. The molecule has 0 bridgehead atoms. The van der Waals surface area contributed by atoms with Gasteiger partial charge >= 0.3 is 0 Å². The number of thiazole rings is 1. The molecule has 1 aromatic heterocycles. The molecule has 14 heavy (non-hydrogen) atoms. The van der Waals surface area contributed by atoms with Crippen LogP contribution in [0.3, 0.4) is 0 Å². The standard InChI is InChI=1S/C10H7Br2NS/c1-6-9(12)13-10(14-6)7-3-2-4-8(11)5-7/h2-5H,1H3. The molecule has 1 aromatic carbocycles. The molecule has 1 heterocycles. The molecule has 0 aliphatic rings. The molecular weight excluding hydrogens is 326 g/mol. The molecule has 0 aliphatic carbocycles. The fourth-order valence-electron chi connectivity index (χ4n) is 1.12. The van der Waals surface area contributed by atoms with Crippen LogP contribution in [0.4, 0.5) is 0 Å². The van der Waals surface area contributed by atoms with Crippen molar-refractivity contribution in [3.05, 3.63) is 38.2 Å². The fourth-order valence-corrected chi connectivity index (χ4v) is 2.86. The Morgan fingerprint density at radius 3 is 2.64 bits per heavy atom. The summed E-state index contributed by atoms with van der Waals surface area (Å²) >= 11 is 8.57. The highest BCUT2D eigenvalue weighted by Crippen LogP contribution is 2.31. The second-order valence-electron chi connectivity index (χ2n) is 2.88. The van der Waals surface area contributed by atoms with Gasteiger partial charge in [0.15, 0.2) is 0 Å². The summed E-state index contributed by atoms with van der Waals surface area (Å²) in [6, 6.07) is 8.17. The van der Waals surface area contributed by atoms with Crippen molar-refractivity contribution < 1.29 is 0 Å². The molecule has 0 radical (unpaired) electrons. The van der Waals surface area contributed by atoms with Gasteiger partial charge in [0.1, 0.15) is 9.61 Å². The first-order valence-electron chi connectivity index (χ1n) is 4.05. The number of rotatable bonds is 1. The molecule has 4 heteroatoms. The third kappa shape index (κ3) is 2.07. The lowest BCUT2D eigenvalue weighted by Crippen LogP contribution is -1.75. The Kier molecular flexibility index (Phi) is 3.04. The first-order valence-corrected chi connectivity index (χ1v) is 6.46. The van der Waals surface area contributed by atoms with E-state index in [-0.39, 0.29) is 0 Å². The van der Waals surface area contributed by atoms with Gasteiger partial charge in [-0.1, -0.05) is 28.1 Å². The Morgan fingerprint density at radius 1 is 1.29 bits per heavy atom. The van der Waals surface area contributed by atoms with Crippen LogP contribution in [0.25, 0.3) is 10.6 Å². The van der Waals surface area contributed by atoms with E-state index in [1.165, 1.54) is 4.88 Å². The van der Waals surface area contributed by atoms with Crippen LogP contribution in [0.1, 0.15) is 4.88 Å². The van der Waals surface area contributed by atoms with Gasteiger partial charge in [-0.2, -0.15) is 0 Å². The summed E-state index contributed by atoms with van der Waals surface area (Å²) in [6.07, 6.45) is 0. The lowest BCUT2D eigenvalue weighted by atomic mass is 10.2. The van der Waals surface area contributed by atoms with Crippen molar-refractivity contribution in [1.82, 2.24) is 4.98 Å². The smallest absolute Gasteiger partial charge is 0.124 e. The predicted octanol–water partition coefficient (Wildman–Crippen LogP) is 4.64. The van der Waals surface area contributed by atoms with E-state index in [9.17, 15) is 0 Å². The van der Waals surface area contributed by atoms with Gasteiger partial charge in [-0.15, -0.1) is 11.3 Å². The quantitative estimate of drug-likeness (QED) is 0.741. The van der Waals surface area contributed by atoms with E-state index in [4.69, 9.17) is 0 Å². The molecule has 0 saturated heterocycles. The van der Waals surface area contributed by atoms with E-state index < -0.39 is 0 Å². The van der Waals surface area contributed by atoms with E-state index >= 15 is 0 Å². The van der Waals surface area contributed by atoms with Crippen LogP contribution in [-0.4, -0.2) is 4.98 Å². The average molecular weight is 333 g/mol. The van der Waals surface area contributed by atoms with Gasteiger partial charge in [0.2, 0.25) is 0 Å². The van der Waals surface area contributed by atoms with Crippen LogP contribution in [0.5, 0.6) is 0 Å². The van der Waals surface area contributed by atoms with Crippen molar-refractivity contribution in [2.45, 2.75) is 6.92 Å². The van der Waals surface area contributed by atoms with Crippen LogP contribution in [0.15, 0.2) is 33.3 Å². The van der Waals surface area contributed by atoms with Crippen molar-refractivity contribution in [2.75, 3.05) is 0 Å². The van der Waals surface area contributed by atoms with Gasteiger partial charge in [0.05, 0.1) is 0 Å². The fraction of sp³-hybridized carbons (Fsp3) is 0.100. The normalized spacial score (nSPS) is 10.5. The Hall–Kier alpha value is -0.190. The summed E-state index contributed by atoms with van der Waals surface area (Å²) < 4.78 is 2.02. The third-order valence-corrected chi connectivity index (χ3v) is 4.36. The van der Waals surface area contributed by atoms with Crippen LogP contribution in [-0.2, 0) is 0 Å². The number of hydrogen-bond acceptors (Lipinski definition) is 2. The maximum Gasteiger partial charge on any atom is 0.124 e. The Bertz CT molecular complexity index is 445. The molecule has 0 aliphatic heterocycles. The first-order chi connectivity index (χ1) is 6.66. The molecular formula is C10H7Br2NS. The van der Waals surface area contributed by atoms with Gasteiger partial charge in [-0.05, 0) is 35.0 Å². The number of aryl methyl sites for hydroxylation is 1. The SMILES string of the molecule is Cc1sc(-c2cccc(Br)c2)nc1Br. The highest BCUT2D eigenvalue weighted by molar-refractivity contribution is 9.10. The molecule has 1 nitrogen and oxygen atoms in total. The Balaban J connectivity index is 2.49. The van der Waals surface area contributed by atoms with Crippen molar-refractivity contribution >= 4 is 43.2 Å². The van der Waals surface area contributed by atoms with Gasteiger partial charge in [0.25, 0.3) is 0 Å². The maximum absolute atomic E-state index is 4.44. The molecule has 2 aromatic rings. The summed E-state index contributed by atoms with van der Waals surface area (Å²) in [4.78, 5) is 5.64. The lowest BCUT2D eigenvalue weighted by molar-refractivity contribution is 1.32. The Morgan fingerprint density at radius 2 is 2.07 bits per heavy atom. The van der Waals surface area contributed by atoms with Crippen LogP contribution in [0, 0.1) is 6.92 Å². The van der Waals surface area contributed by atoms with E-state index in [0.717, 1.165) is 19.6 Å². The van der Waals surface area contributed by atoms with Crippen molar-refractivity contribution in [2.24, 2.45) is 0 Å². The predicted molar refractivity (Wildman–Crippen MR) is 67.7 cm³/mol. The summed E-state index contributed by atoms with van der Waals surface area (Å²) in [7, 11) is 0. The molecule has 0 spiro atoms. The van der Waals surface area contributed by atoms with Crippen molar-refractivity contribution in [3.8, 4) is 10.6 Å². The number of halogens is 2. The van der Waals surface area contributed by atoms with Crippen LogP contribution < -0.4 is 0 Å². The molecule has 72 valence electrons. The highest BCUT2D eigenvalue weighted by Gasteiger charge is 2.06. The second kappa shape index (κ2) is 4.13. The highest BCUT2D eigenvalue weighted by atomic mass is 79.9. The minimum atomic E-state index is 0.942. The Labute approximate surface area is 103 Å².